The number of hydrogen-bond donors (Lipinski definition) is 1. The number of aromatic nitrogens is 1. The summed E-state index contributed by atoms with van der Waals surface area (Å²) in [5.74, 6) is -0.394. The molecule has 1 atom stereocenters. The lowest BCUT2D eigenvalue weighted by atomic mass is 9.99. The average Bonchev–Trinajstić information content (AvgIpc) is 3.20. The van der Waals surface area contributed by atoms with Crippen LogP contribution in [-0.2, 0) is 28.4 Å². The minimum atomic E-state index is -3.64. The van der Waals surface area contributed by atoms with E-state index < -0.39 is 10.0 Å². The normalized spacial score (nSPS) is 17.5. The molecular weight excluding hydrogens is 436 g/mol. The van der Waals surface area contributed by atoms with E-state index in [1.165, 1.54) is 9.87 Å². The zero-order chi connectivity index (χ0) is 23.4. The molecule has 7 nitrogen and oxygen atoms in total. The Kier molecular flexibility index (Phi) is 7.17. The minimum Gasteiger partial charge on any atom is -0.355 e. The molecule has 0 saturated carbocycles. The number of rotatable bonds is 8. The number of nitrogens with zero attached hydrogens (tertiary/aromatic N) is 3. The molecule has 33 heavy (non-hydrogen) atoms. The molecule has 1 saturated heterocycles. The summed E-state index contributed by atoms with van der Waals surface area (Å²) < 4.78 is 30.0. The number of carbonyl (C=O) groups excluding carboxylic acids is 1. The topological polar surface area (TPSA) is 74.7 Å². The van der Waals surface area contributed by atoms with Gasteiger partial charge in [0.15, 0.2) is 0 Å². The van der Waals surface area contributed by atoms with E-state index in [2.05, 4.69) is 22.3 Å². The number of carbonyl (C=O) groups is 1. The molecule has 1 aliphatic heterocycles. The SMILES string of the molecule is CN(CCNC(=O)[C@@H]1CCCN(S(=O)(=O)c2ccc3c(ccn3C)c2)C1)Cc1ccccc1. The summed E-state index contributed by atoms with van der Waals surface area (Å²) >= 11 is 0. The summed E-state index contributed by atoms with van der Waals surface area (Å²) in [5, 5.41) is 3.90. The van der Waals surface area contributed by atoms with Crippen molar-refractivity contribution in [1.29, 1.82) is 0 Å². The number of piperidine rings is 1. The standard InChI is InChI=1S/C25H32N4O3S/c1-27(18-20-7-4-3-5-8-20)16-13-26-25(30)22-9-6-14-29(19-22)33(31,32)23-10-11-24-21(17-23)12-15-28(24)2/h3-5,7-8,10-12,15,17,22H,6,9,13-14,16,18-19H2,1-2H3,(H,26,30)/t22-/m1/s1. The second-order valence-electron chi connectivity index (χ2n) is 8.86. The van der Waals surface area contributed by atoms with Gasteiger partial charge >= 0.3 is 0 Å². The Morgan fingerprint density at radius 1 is 1.15 bits per heavy atom. The van der Waals surface area contributed by atoms with Crippen LogP contribution in [0.5, 0.6) is 0 Å². The summed E-state index contributed by atoms with van der Waals surface area (Å²) in [6, 6.07) is 17.3. The number of benzene rings is 2. The number of sulfonamides is 1. The molecule has 1 fully saturated rings. The molecule has 0 unspecified atom stereocenters. The van der Waals surface area contributed by atoms with Gasteiger partial charge in [0.05, 0.1) is 10.8 Å². The van der Waals surface area contributed by atoms with Gasteiger partial charge in [-0.25, -0.2) is 8.42 Å². The van der Waals surface area contributed by atoms with Crippen LogP contribution in [-0.4, -0.2) is 61.3 Å². The number of amides is 1. The summed E-state index contributed by atoms with van der Waals surface area (Å²) in [4.78, 5) is 15.2. The van der Waals surface area contributed by atoms with Crippen LogP contribution in [0.3, 0.4) is 0 Å². The Morgan fingerprint density at radius 3 is 2.73 bits per heavy atom. The van der Waals surface area contributed by atoms with Crippen molar-refractivity contribution < 1.29 is 13.2 Å². The zero-order valence-corrected chi connectivity index (χ0v) is 20.1. The van der Waals surface area contributed by atoms with Gasteiger partial charge in [0, 0.05) is 56.9 Å². The van der Waals surface area contributed by atoms with Gasteiger partial charge in [0.25, 0.3) is 0 Å². The van der Waals surface area contributed by atoms with E-state index in [1.807, 2.05) is 55.2 Å². The molecule has 4 rings (SSSR count). The van der Waals surface area contributed by atoms with Crippen molar-refractivity contribution in [3.8, 4) is 0 Å². The van der Waals surface area contributed by atoms with Gasteiger partial charge < -0.3 is 14.8 Å². The number of hydrogen-bond acceptors (Lipinski definition) is 4. The smallest absolute Gasteiger partial charge is 0.243 e. The van der Waals surface area contributed by atoms with E-state index in [0.29, 0.717) is 25.9 Å². The highest BCUT2D eigenvalue weighted by molar-refractivity contribution is 7.89. The van der Waals surface area contributed by atoms with Crippen LogP contribution >= 0.6 is 0 Å². The summed E-state index contributed by atoms with van der Waals surface area (Å²) in [7, 11) is 0.316. The highest BCUT2D eigenvalue weighted by atomic mass is 32.2. The lowest BCUT2D eigenvalue weighted by Gasteiger charge is -2.31. The van der Waals surface area contributed by atoms with Crippen LogP contribution in [0, 0.1) is 5.92 Å². The Morgan fingerprint density at radius 2 is 1.94 bits per heavy atom. The minimum absolute atomic E-state index is 0.0680. The third-order valence-electron chi connectivity index (χ3n) is 6.34. The Labute approximate surface area is 196 Å². The largest absolute Gasteiger partial charge is 0.355 e. The number of likely N-dealkylation sites (N-methyl/N-ethyl adjacent to an activating group) is 1. The van der Waals surface area contributed by atoms with E-state index in [0.717, 1.165) is 24.0 Å². The van der Waals surface area contributed by atoms with Gasteiger partial charge in [-0.3, -0.25) is 4.79 Å². The molecule has 1 aromatic heterocycles. The molecule has 2 aromatic carbocycles. The lowest BCUT2D eigenvalue weighted by Crippen LogP contribution is -2.46. The summed E-state index contributed by atoms with van der Waals surface area (Å²) in [5.41, 5.74) is 2.22. The maximum Gasteiger partial charge on any atom is 0.243 e. The second-order valence-corrected chi connectivity index (χ2v) is 10.8. The van der Waals surface area contributed by atoms with Gasteiger partial charge in [0.2, 0.25) is 15.9 Å². The highest BCUT2D eigenvalue weighted by Crippen LogP contribution is 2.26. The van der Waals surface area contributed by atoms with Gasteiger partial charge in [-0.1, -0.05) is 30.3 Å². The Balaban J connectivity index is 1.32. The fourth-order valence-electron chi connectivity index (χ4n) is 4.43. The zero-order valence-electron chi connectivity index (χ0n) is 19.3. The van der Waals surface area contributed by atoms with Crippen LogP contribution in [0.4, 0.5) is 0 Å². The van der Waals surface area contributed by atoms with Crippen LogP contribution in [0.1, 0.15) is 18.4 Å². The fraction of sp³-hybridized carbons (Fsp3) is 0.400. The van der Waals surface area contributed by atoms with Gasteiger partial charge in [-0.15, -0.1) is 0 Å². The number of aryl methyl sites for hydroxylation is 1. The molecule has 1 aliphatic rings. The summed E-state index contributed by atoms with van der Waals surface area (Å²) in [6.45, 7) is 2.75. The van der Waals surface area contributed by atoms with Crippen LogP contribution in [0.25, 0.3) is 10.9 Å². The third kappa shape index (κ3) is 5.46. The predicted octanol–water partition coefficient (Wildman–Crippen LogP) is 2.83. The van der Waals surface area contributed by atoms with E-state index >= 15 is 0 Å². The van der Waals surface area contributed by atoms with E-state index in [4.69, 9.17) is 0 Å². The first-order chi connectivity index (χ1) is 15.8. The molecular formula is C25H32N4O3S. The summed E-state index contributed by atoms with van der Waals surface area (Å²) in [6.07, 6.45) is 3.30. The number of fused-ring (bicyclic) bond motifs is 1. The van der Waals surface area contributed by atoms with Gasteiger partial charge in [-0.05, 0) is 49.7 Å². The first kappa shape index (κ1) is 23.5. The maximum atomic E-state index is 13.3. The third-order valence-corrected chi connectivity index (χ3v) is 8.20. The molecule has 2 heterocycles. The van der Waals surface area contributed by atoms with Gasteiger partial charge in [0.1, 0.15) is 0 Å². The Hall–Kier alpha value is -2.68. The van der Waals surface area contributed by atoms with E-state index in [-0.39, 0.29) is 23.3 Å². The second kappa shape index (κ2) is 10.1. The van der Waals surface area contributed by atoms with Gasteiger partial charge in [-0.2, -0.15) is 4.31 Å². The molecule has 1 N–H and O–H groups in total. The van der Waals surface area contributed by atoms with E-state index in [9.17, 15) is 13.2 Å². The van der Waals surface area contributed by atoms with E-state index in [1.54, 1.807) is 12.1 Å². The van der Waals surface area contributed by atoms with Crippen molar-refractivity contribution in [2.75, 3.05) is 33.2 Å². The van der Waals surface area contributed by atoms with Crippen LogP contribution in [0.2, 0.25) is 0 Å². The molecule has 176 valence electrons. The number of nitrogens with one attached hydrogen (secondary N) is 1. The van der Waals surface area contributed by atoms with Crippen molar-refractivity contribution in [3.05, 3.63) is 66.4 Å². The molecule has 0 aliphatic carbocycles. The van der Waals surface area contributed by atoms with Crippen molar-refractivity contribution >= 4 is 26.8 Å². The fourth-order valence-corrected chi connectivity index (χ4v) is 5.99. The first-order valence-corrected chi connectivity index (χ1v) is 12.8. The lowest BCUT2D eigenvalue weighted by molar-refractivity contribution is -0.126. The monoisotopic (exact) mass is 468 g/mol. The predicted molar refractivity (Wildman–Crippen MR) is 130 cm³/mol. The van der Waals surface area contributed by atoms with Crippen molar-refractivity contribution in [3.63, 3.8) is 0 Å². The van der Waals surface area contributed by atoms with Crippen LogP contribution < -0.4 is 5.32 Å². The molecule has 3 aromatic rings. The first-order valence-electron chi connectivity index (χ1n) is 11.4. The highest BCUT2D eigenvalue weighted by Gasteiger charge is 2.33. The van der Waals surface area contributed by atoms with Crippen LogP contribution in [0.15, 0.2) is 65.7 Å². The average molecular weight is 469 g/mol. The molecule has 0 radical (unpaired) electrons. The quantitative estimate of drug-likeness (QED) is 0.552. The molecule has 1 amide bonds. The van der Waals surface area contributed by atoms with Crippen molar-refractivity contribution in [2.24, 2.45) is 13.0 Å². The molecule has 8 heteroatoms. The van der Waals surface area contributed by atoms with Crippen molar-refractivity contribution in [1.82, 2.24) is 19.1 Å². The van der Waals surface area contributed by atoms with Crippen molar-refractivity contribution in [2.45, 2.75) is 24.3 Å². The molecule has 0 bridgehead atoms. The Bertz CT molecular complexity index is 1210. The maximum absolute atomic E-state index is 13.3. The molecule has 0 spiro atoms.